The predicted octanol–water partition coefficient (Wildman–Crippen LogP) is 3.26. The molecule has 1 saturated heterocycles. The molecule has 0 saturated carbocycles. The van der Waals surface area contributed by atoms with Crippen LogP contribution in [-0.4, -0.2) is 50.4 Å². The van der Waals surface area contributed by atoms with E-state index < -0.39 is 5.54 Å². The molecule has 1 aromatic carbocycles. The first-order chi connectivity index (χ1) is 13.4. The third-order valence-electron chi connectivity index (χ3n) is 4.56. The van der Waals surface area contributed by atoms with Gasteiger partial charge in [-0.3, -0.25) is 10.1 Å². The van der Waals surface area contributed by atoms with Gasteiger partial charge in [-0.2, -0.15) is 0 Å². The van der Waals surface area contributed by atoms with E-state index in [-0.39, 0.29) is 11.9 Å². The standard InChI is InChI=1S/C18H17BrN6O2S/c1-18(2)15(26)24-17(27)25(18)8-7-20-16-21-9-10(19)13(23-16)14-22-11-5-3-4-6-12(11)28-14/h3-6,9H,7-8H2,1-2H3,(H,20,21,23)(H,24,26,27). The van der Waals surface area contributed by atoms with Crippen molar-refractivity contribution in [2.75, 3.05) is 18.4 Å². The van der Waals surface area contributed by atoms with Crippen molar-refractivity contribution < 1.29 is 9.59 Å². The molecule has 0 atom stereocenters. The molecule has 1 aliphatic heterocycles. The monoisotopic (exact) mass is 460 g/mol. The maximum Gasteiger partial charge on any atom is 0.325 e. The van der Waals surface area contributed by atoms with Gasteiger partial charge in [-0.25, -0.2) is 19.7 Å². The van der Waals surface area contributed by atoms with Crippen LogP contribution in [0.3, 0.4) is 0 Å². The molecule has 144 valence electrons. The zero-order valence-electron chi connectivity index (χ0n) is 15.2. The molecule has 0 radical (unpaired) electrons. The number of benzene rings is 1. The van der Waals surface area contributed by atoms with E-state index in [4.69, 9.17) is 0 Å². The number of thiazole rings is 1. The van der Waals surface area contributed by atoms with Gasteiger partial charge < -0.3 is 10.2 Å². The van der Waals surface area contributed by atoms with Crippen molar-refractivity contribution in [3.05, 3.63) is 34.9 Å². The summed E-state index contributed by atoms with van der Waals surface area (Å²) in [6, 6.07) is 7.54. The van der Waals surface area contributed by atoms with Crippen LogP contribution in [0.2, 0.25) is 0 Å². The van der Waals surface area contributed by atoms with Gasteiger partial charge in [0.1, 0.15) is 16.2 Å². The number of amides is 3. The molecule has 0 spiro atoms. The summed E-state index contributed by atoms with van der Waals surface area (Å²) in [5, 5.41) is 6.24. The Kier molecular flexibility index (Phi) is 4.76. The third kappa shape index (κ3) is 3.33. The Morgan fingerprint density at radius 3 is 2.75 bits per heavy atom. The normalized spacial score (nSPS) is 15.9. The van der Waals surface area contributed by atoms with Crippen molar-refractivity contribution >= 4 is 55.4 Å². The maximum absolute atomic E-state index is 11.9. The van der Waals surface area contributed by atoms with Gasteiger partial charge in [0.05, 0.1) is 14.7 Å². The van der Waals surface area contributed by atoms with Crippen LogP contribution in [0.4, 0.5) is 10.7 Å². The second kappa shape index (κ2) is 7.10. The number of carbonyl (C=O) groups excluding carboxylic acids is 2. The van der Waals surface area contributed by atoms with Gasteiger partial charge in [0.15, 0.2) is 0 Å². The Morgan fingerprint density at radius 1 is 1.25 bits per heavy atom. The highest BCUT2D eigenvalue weighted by Crippen LogP contribution is 2.33. The van der Waals surface area contributed by atoms with Crippen molar-refractivity contribution in [1.29, 1.82) is 0 Å². The quantitative estimate of drug-likeness (QED) is 0.566. The fraction of sp³-hybridized carbons (Fsp3) is 0.278. The molecular formula is C18H17BrN6O2S. The molecule has 28 heavy (non-hydrogen) atoms. The SMILES string of the molecule is CC1(C)C(=O)NC(=O)N1CCNc1ncc(Br)c(-c2nc3ccccc3s2)n1. The lowest BCUT2D eigenvalue weighted by molar-refractivity contribution is -0.125. The van der Waals surface area contributed by atoms with E-state index in [0.29, 0.717) is 24.7 Å². The Morgan fingerprint density at radius 2 is 2.04 bits per heavy atom. The van der Waals surface area contributed by atoms with Crippen molar-refractivity contribution in [2.45, 2.75) is 19.4 Å². The van der Waals surface area contributed by atoms with Crippen LogP contribution < -0.4 is 10.6 Å². The molecule has 3 amide bonds. The van der Waals surface area contributed by atoms with Crippen LogP contribution in [0, 0.1) is 0 Å². The van der Waals surface area contributed by atoms with Crippen LogP contribution in [0.5, 0.6) is 0 Å². The molecule has 0 aliphatic carbocycles. The number of carbonyl (C=O) groups is 2. The summed E-state index contributed by atoms with van der Waals surface area (Å²) in [6.07, 6.45) is 1.67. The average molecular weight is 461 g/mol. The van der Waals surface area contributed by atoms with Gasteiger partial charge in [0.25, 0.3) is 5.91 Å². The average Bonchev–Trinajstić information content (AvgIpc) is 3.17. The van der Waals surface area contributed by atoms with Gasteiger partial charge in [-0.15, -0.1) is 11.3 Å². The second-order valence-electron chi connectivity index (χ2n) is 6.77. The molecule has 0 unspecified atom stereocenters. The number of nitrogens with zero attached hydrogens (tertiary/aromatic N) is 4. The number of nitrogens with one attached hydrogen (secondary N) is 2. The Labute approximate surface area is 173 Å². The first-order valence-corrected chi connectivity index (χ1v) is 10.2. The zero-order valence-corrected chi connectivity index (χ0v) is 17.6. The molecule has 3 aromatic rings. The van der Waals surface area contributed by atoms with Gasteiger partial charge >= 0.3 is 6.03 Å². The Balaban J connectivity index is 1.50. The number of hydrogen-bond acceptors (Lipinski definition) is 7. The topological polar surface area (TPSA) is 100 Å². The zero-order chi connectivity index (χ0) is 19.9. The molecule has 1 aliphatic rings. The molecule has 4 rings (SSSR count). The summed E-state index contributed by atoms with van der Waals surface area (Å²) in [6.45, 7) is 4.19. The maximum atomic E-state index is 11.9. The van der Waals surface area contributed by atoms with E-state index in [1.165, 1.54) is 4.90 Å². The van der Waals surface area contributed by atoms with E-state index in [9.17, 15) is 9.59 Å². The smallest absolute Gasteiger partial charge is 0.325 e. The van der Waals surface area contributed by atoms with Crippen molar-refractivity contribution in [3.8, 4) is 10.7 Å². The summed E-state index contributed by atoms with van der Waals surface area (Å²) in [4.78, 5) is 38.7. The van der Waals surface area contributed by atoms with Crippen LogP contribution in [0.25, 0.3) is 20.9 Å². The van der Waals surface area contributed by atoms with Crippen LogP contribution in [0.1, 0.15) is 13.8 Å². The van der Waals surface area contributed by atoms with E-state index in [1.807, 2.05) is 24.3 Å². The first-order valence-electron chi connectivity index (χ1n) is 8.61. The lowest BCUT2D eigenvalue weighted by Gasteiger charge is -2.27. The fourth-order valence-electron chi connectivity index (χ4n) is 2.93. The highest BCUT2D eigenvalue weighted by atomic mass is 79.9. The van der Waals surface area contributed by atoms with Gasteiger partial charge in [-0.05, 0) is 41.9 Å². The Bertz CT molecular complexity index is 1050. The minimum atomic E-state index is -0.870. The molecule has 8 nitrogen and oxygen atoms in total. The Hall–Kier alpha value is -2.59. The summed E-state index contributed by atoms with van der Waals surface area (Å²) in [5.41, 5.74) is 0.758. The molecular weight excluding hydrogens is 444 g/mol. The third-order valence-corrected chi connectivity index (χ3v) is 6.18. The van der Waals surface area contributed by atoms with Gasteiger partial charge in [0, 0.05) is 19.3 Å². The van der Waals surface area contributed by atoms with E-state index >= 15 is 0 Å². The number of hydrogen-bond donors (Lipinski definition) is 2. The number of urea groups is 1. The summed E-state index contributed by atoms with van der Waals surface area (Å²) in [7, 11) is 0. The second-order valence-corrected chi connectivity index (χ2v) is 8.66. The number of halogens is 1. The number of imide groups is 1. The van der Waals surface area contributed by atoms with E-state index in [2.05, 4.69) is 41.5 Å². The molecule has 3 heterocycles. The fourth-order valence-corrected chi connectivity index (χ4v) is 4.41. The number of rotatable bonds is 5. The van der Waals surface area contributed by atoms with Crippen LogP contribution in [0.15, 0.2) is 34.9 Å². The molecule has 10 heteroatoms. The number of fused-ring (bicyclic) bond motifs is 1. The van der Waals surface area contributed by atoms with Crippen molar-refractivity contribution in [2.24, 2.45) is 0 Å². The molecule has 1 fully saturated rings. The predicted molar refractivity (Wildman–Crippen MR) is 111 cm³/mol. The molecule has 2 N–H and O–H groups in total. The summed E-state index contributed by atoms with van der Waals surface area (Å²) >= 11 is 5.05. The minimum absolute atomic E-state index is 0.296. The van der Waals surface area contributed by atoms with Crippen LogP contribution in [-0.2, 0) is 4.79 Å². The minimum Gasteiger partial charge on any atom is -0.352 e. The summed E-state index contributed by atoms with van der Waals surface area (Å²) in [5.74, 6) is 0.136. The van der Waals surface area contributed by atoms with Crippen molar-refractivity contribution in [1.82, 2.24) is 25.2 Å². The lowest BCUT2D eigenvalue weighted by Crippen LogP contribution is -2.46. The number of para-hydroxylation sites is 1. The number of anilines is 1. The highest BCUT2D eigenvalue weighted by molar-refractivity contribution is 9.10. The molecule has 2 aromatic heterocycles. The van der Waals surface area contributed by atoms with E-state index in [1.54, 1.807) is 31.4 Å². The van der Waals surface area contributed by atoms with Crippen LogP contribution >= 0.6 is 27.3 Å². The first kappa shape index (κ1) is 18.8. The largest absolute Gasteiger partial charge is 0.352 e. The van der Waals surface area contributed by atoms with E-state index in [0.717, 1.165) is 19.7 Å². The van der Waals surface area contributed by atoms with Gasteiger partial charge in [-0.1, -0.05) is 12.1 Å². The summed E-state index contributed by atoms with van der Waals surface area (Å²) < 4.78 is 1.84. The van der Waals surface area contributed by atoms with Gasteiger partial charge in [0.2, 0.25) is 5.95 Å². The highest BCUT2D eigenvalue weighted by Gasteiger charge is 2.44. The van der Waals surface area contributed by atoms with Crippen molar-refractivity contribution in [3.63, 3.8) is 0 Å². The number of aromatic nitrogens is 3. The lowest BCUT2D eigenvalue weighted by atomic mass is 10.0. The molecule has 0 bridgehead atoms.